The largest absolute Gasteiger partial charge is 0.305 e. The van der Waals surface area contributed by atoms with Crippen LogP contribution in [0.1, 0.15) is 27.2 Å². The molecule has 0 radical (unpaired) electrons. The number of benzene rings is 1. The molecule has 0 aliphatic carbocycles. The summed E-state index contributed by atoms with van der Waals surface area (Å²) in [6.07, 6.45) is 0.888. The van der Waals surface area contributed by atoms with Crippen molar-refractivity contribution < 1.29 is 4.21 Å². The number of nitrogens with one attached hydrogen (secondary N) is 1. The van der Waals surface area contributed by atoms with Crippen molar-refractivity contribution in [3.63, 3.8) is 0 Å². The SMILES string of the molecule is CCC(C)(C)S(=O)Nc1ccccc1. The first-order valence-corrected chi connectivity index (χ1v) is 5.95. The van der Waals surface area contributed by atoms with Gasteiger partial charge < -0.3 is 4.72 Å². The van der Waals surface area contributed by atoms with Gasteiger partial charge in [-0.05, 0) is 32.4 Å². The molecule has 1 aromatic carbocycles. The van der Waals surface area contributed by atoms with Gasteiger partial charge in [-0.3, -0.25) is 0 Å². The highest BCUT2D eigenvalue weighted by atomic mass is 32.2. The maximum absolute atomic E-state index is 11.9. The highest BCUT2D eigenvalue weighted by Gasteiger charge is 2.23. The average Bonchev–Trinajstić information content (AvgIpc) is 2.19. The van der Waals surface area contributed by atoms with Crippen molar-refractivity contribution in [1.29, 1.82) is 0 Å². The highest BCUT2D eigenvalue weighted by Crippen LogP contribution is 2.19. The van der Waals surface area contributed by atoms with Gasteiger partial charge in [0.25, 0.3) is 0 Å². The molecule has 0 aliphatic heterocycles. The lowest BCUT2D eigenvalue weighted by molar-refractivity contribution is 0.617. The molecule has 0 saturated heterocycles. The highest BCUT2D eigenvalue weighted by molar-refractivity contribution is 7.87. The summed E-state index contributed by atoms with van der Waals surface area (Å²) < 4.78 is 14.7. The second-order valence-corrected chi connectivity index (χ2v) is 5.70. The van der Waals surface area contributed by atoms with Gasteiger partial charge in [0, 0.05) is 5.69 Å². The van der Waals surface area contributed by atoms with Gasteiger partial charge in [-0.2, -0.15) is 0 Å². The summed E-state index contributed by atoms with van der Waals surface area (Å²) >= 11 is 0. The van der Waals surface area contributed by atoms with E-state index in [4.69, 9.17) is 0 Å². The zero-order valence-electron chi connectivity index (χ0n) is 8.91. The van der Waals surface area contributed by atoms with Crippen LogP contribution >= 0.6 is 0 Å². The van der Waals surface area contributed by atoms with Gasteiger partial charge in [0.1, 0.15) is 11.0 Å². The normalized spacial score (nSPS) is 13.6. The minimum Gasteiger partial charge on any atom is -0.305 e. The van der Waals surface area contributed by atoms with Crippen LogP contribution in [0.5, 0.6) is 0 Å². The Morgan fingerprint density at radius 3 is 2.36 bits per heavy atom. The smallest absolute Gasteiger partial charge is 0.122 e. The summed E-state index contributed by atoms with van der Waals surface area (Å²) in [5, 5.41) is 0. The molecule has 14 heavy (non-hydrogen) atoms. The Bertz CT molecular complexity index is 308. The Balaban J connectivity index is 2.67. The van der Waals surface area contributed by atoms with E-state index < -0.39 is 11.0 Å². The van der Waals surface area contributed by atoms with E-state index in [1.807, 2.05) is 51.1 Å². The Morgan fingerprint density at radius 2 is 1.86 bits per heavy atom. The fraction of sp³-hybridized carbons (Fsp3) is 0.455. The molecule has 0 spiro atoms. The molecule has 1 rings (SSSR count). The molecule has 0 saturated carbocycles. The van der Waals surface area contributed by atoms with Crippen LogP contribution in [0.2, 0.25) is 0 Å². The third kappa shape index (κ3) is 2.84. The predicted molar refractivity (Wildman–Crippen MR) is 62.6 cm³/mol. The fourth-order valence-electron chi connectivity index (χ4n) is 0.882. The number of para-hydroxylation sites is 1. The van der Waals surface area contributed by atoms with Crippen molar-refractivity contribution in [1.82, 2.24) is 0 Å². The molecule has 0 heterocycles. The van der Waals surface area contributed by atoms with E-state index in [0.717, 1.165) is 12.1 Å². The maximum Gasteiger partial charge on any atom is 0.122 e. The Labute approximate surface area is 88.3 Å². The second kappa shape index (κ2) is 4.60. The third-order valence-electron chi connectivity index (χ3n) is 2.34. The van der Waals surface area contributed by atoms with Crippen molar-refractivity contribution in [3.8, 4) is 0 Å². The van der Waals surface area contributed by atoms with E-state index >= 15 is 0 Å². The van der Waals surface area contributed by atoms with Crippen molar-refractivity contribution in [2.75, 3.05) is 4.72 Å². The molecule has 0 aliphatic rings. The summed E-state index contributed by atoms with van der Waals surface area (Å²) in [6, 6.07) is 9.64. The zero-order chi connectivity index (χ0) is 10.6. The molecule has 0 amide bonds. The van der Waals surface area contributed by atoms with Crippen molar-refractivity contribution in [3.05, 3.63) is 30.3 Å². The summed E-state index contributed by atoms with van der Waals surface area (Å²) in [4.78, 5) is 0. The summed E-state index contributed by atoms with van der Waals surface area (Å²) in [5.41, 5.74) is 0.910. The van der Waals surface area contributed by atoms with Crippen LogP contribution in [0.15, 0.2) is 30.3 Å². The van der Waals surface area contributed by atoms with Crippen molar-refractivity contribution >= 4 is 16.7 Å². The molecule has 2 nitrogen and oxygen atoms in total. The van der Waals surface area contributed by atoms with Crippen LogP contribution in [0.25, 0.3) is 0 Å². The van der Waals surface area contributed by atoms with Gasteiger partial charge >= 0.3 is 0 Å². The topological polar surface area (TPSA) is 29.1 Å². The molecule has 78 valence electrons. The molecule has 1 N–H and O–H groups in total. The van der Waals surface area contributed by atoms with E-state index in [0.29, 0.717) is 0 Å². The van der Waals surface area contributed by atoms with Gasteiger partial charge in [0.05, 0.1) is 4.75 Å². The monoisotopic (exact) mass is 211 g/mol. The van der Waals surface area contributed by atoms with Crippen LogP contribution in [-0.2, 0) is 11.0 Å². The van der Waals surface area contributed by atoms with Crippen LogP contribution in [-0.4, -0.2) is 8.96 Å². The first kappa shape index (κ1) is 11.2. The van der Waals surface area contributed by atoms with Crippen LogP contribution in [0, 0.1) is 0 Å². The van der Waals surface area contributed by atoms with E-state index in [1.54, 1.807) is 0 Å². The third-order valence-corrected chi connectivity index (χ3v) is 4.05. The quantitative estimate of drug-likeness (QED) is 0.815. The molecular formula is C11H17NOS. The number of hydrogen-bond acceptors (Lipinski definition) is 1. The fourth-order valence-corrected chi connectivity index (χ4v) is 1.77. The van der Waals surface area contributed by atoms with Gasteiger partial charge in [-0.25, -0.2) is 4.21 Å². The lowest BCUT2D eigenvalue weighted by Gasteiger charge is -2.22. The van der Waals surface area contributed by atoms with Crippen LogP contribution in [0.3, 0.4) is 0 Å². The summed E-state index contributed by atoms with van der Waals surface area (Å²) in [6.45, 7) is 6.04. The van der Waals surface area contributed by atoms with E-state index in [2.05, 4.69) is 4.72 Å². The molecule has 0 fully saturated rings. The maximum atomic E-state index is 11.9. The minimum absolute atomic E-state index is 0.185. The predicted octanol–water partition coefficient (Wildman–Crippen LogP) is 2.95. The molecule has 0 bridgehead atoms. The Morgan fingerprint density at radius 1 is 1.29 bits per heavy atom. The summed E-state index contributed by atoms with van der Waals surface area (Å²) in [5.74, 6) is 0. The number of hydrogen-bond donors (Lipinski definition) is 1. The standard InChI is InChI=1S/C11H17NOS/c1-4-11(2,3)14(13)12-10-8-6-5-7-9-10/h5-9,12H,4H2,1-3H3. The van der Waals surface area contributed by atoms with Gasteiger partial charge in [0.15, 0.2) is 0 Å². The lowest BCUT2D eigenvalue weighted by atomic mass is 10.1. The van der Waals surface area contributed by atoms with E-state index in [1.165, 1.54) is 0 Å². The van der Waals surface area contributed by atoms with E-state index in [-0.39, 0.29) is 4.75 Å². The number of anilines is 1. The molecule has 1 atom stereocenters. The molecule has 1 unspecified atom stereocenters. The molecule has 1 aromatic rings. The molecule has 0 aromatic heterocycles. The Hall–Kier alpha value is -0.830. The van der Waals surface area contributed by atoms with Gasteiger partial charge in [0.2, 0.25) is 0 Å². The lowest BCUT2D eigenvalue weighted by Crippen LogP contribution is -2.30. The van der Waals surface area contributed by atoms with Gasteiger partial charge in [-0.15, -0.1) is 0 Å². The first-order chi connectivity index (χ1) is 6.56. The van der Waals surface area contributed by atoms with Crippen molar-refractivity contribution in [2.45, 2.75) is 31.9 Å². The molecular weight excluding hydrogens is 194 g/mol. The second-order valence-electron chi connectivity index (χ2n) is 3.85. The van der Waals surface area contributed by atoms with Gasteiger partial charge in [-0.1, -0.05) is 25.1 Å². The summed E-state index contributed by atoms with van der Waals surface area (Å²) in [7, 11) is -1.03. The minimum atomic E-state index is -1.03. The molecule has 3 heteroatoms. The van der Waals surface area contributed by atoms with E-state index in [9.17, 15) is 4.21 Å². The number of rotatable bonds is 4. The van der Waals surface area contributed by atoms with Crippen LogP contribution in [0.4, 0.5) is 5.69 Å². The van der Waals surface area contributed by atoms with Crippen molar-refractivity contribution in [2.24, 2.45) is 0 Å². The first-order valence-electron chi connectivity index (χ1n) is 4.80. The average molecular weight is 211 g/mol. The van der Waals surface area contributed by atoms with Crippen LogP contribution < -0.4 is 4.72 Å². The zero-order valence-corrected chi connectivity index (χ0v) is 9.73. The Kier molecular flexibility index (Phi) is 3.69.